The van der Waals surface area contributed by atoms with E-state index < -0.39 is 0 Å². The number of rotatable bonds is 4. The van der Waals surface area contributed by atoms with Crippen molar-refractivity contribution in [3.63, 3.8) is 0 Å². The predicted molar refractivity (Wildman–Crippen MR) is 67.3 cm³/mol. The van der Waals surface area contributed by atoms with E-state index in [1.54, 1.807) is 0 Å². The molecular formula is C12H18N2S. The third kappa shape index (κ3) is 2.89. The van der Waals surface area contributed by atoms with Crippen LogP contribution in [0.25, 0.3) is 0 Å². The Morgan fingerprint density at radius 2 is 2.27 bits per heavy atom. The lowest BCUT2D eigenvalue weighted by molar-refractivity contribution is 0.341. The van der Waals surface area contributed by atoms with Gasteiger partial charge in [-0.1, -0.05) is 6.07 Å². The number of hydrogen-bond donors (Lipinski definition) is 2. The normalized spacial score (nSPS) is 16.3. The molecule has 3 heteroatoms. The molecule has 2 nitrogen and oxygen atoms in total. The Labute approximate surface area is 95.6 Å². The Kier molecular flexibility index (Phi) is 3.54. The van der Waals surface area contributed by atoms with Crippen molar-refractivity contribution in [3.8, 4) is 0 Å². The van der Waals surface area contributed by atoms with Crippen LogP contribution in [0.15, 0.2) is 23.1 Å². The van der Waals surface area contributed by atoms with Crippen molar-refractivity contribution >= 4 is 17.4 Å². The topological polar surface area (TPSA) is 38.0 Å². The standard InChI is InChI=1S/C12H18N2S/c1-9-2-3-11(13)6-12(9)15-5-4-10-7-14-8-10/h2-3,6,10,14H,4-5,7-8,13H2,1H3. The molecule has 1 saturated heterocycles. The summed E-state index contributed by atoms with van der Waals surface area (Å²) in [5, 5.41) is 3.30. The summed E-state index contributed by atoms with van der Waals surface area (Å²) < 4.78 is 0. The average Bonchev–Trinajstić information content (AvgIpc) is 2.15. The molecule has 82 valence electrons. The molecule has 1 aliphatic heterocycles. The molecule has 0 aromatic heterocycles. The Bertz CT molecular complexity index is 334. The van der Waals surface area contributed by atoms with Crippen LogP contribution in [0.5, 0.6) is 0 Å². The van der Waals surface area contributed by atoms with Gasteiger partial charge in [0.1, 0.15) is 0 Å². The van der Waals surface area contributed by atoms with Crippen LogP contribution >= 0.6 is 11.8 Å². The fourth-order valence-electron chi connectivity index (χ4n) is 1.66. The zero-order valence-corrected chi connectivity index (χ0v) is 9.94. The minimum atomic E-state index is 0.869. The summed E-state index contributed by atoms with van der Waals surface area (Å²) in [6, 6.07) is 6.15. The second kappa shape index (κ2) is 4.90. The highest BCUT2D eigenvalue weighted by molar-refractivity contribution is 7.99. The molecule has 15 heavy (non-hydrogen) atoms. The average molecular weight is 222 g/mol. The fraction of sp³-hybridized carbons (Fsp3) is 0.500. The second-order valence-electron chi connectivity index (χ2n) is 4.19. The van der Waals surface area contributed by atoms with Crippen molar-refractivity contribution in [3.05, 3.63) is 23.8 Å². The lowest BCUT2D eigenvalue weighted by Gasteiger charge is -2.26. The Balaban J connectivity index is 1.83. The third-order valence-corrected chi connectivity index (χ3v) is 4.05. The van der Waals surface area contributed by atoms with Gasteiger partial charge in [-0.3, -0.25) is 0 Å². The molecule has 0 spiro atoms. The summed E-state index contributed by atoms with van der Waals surface area (Å²) in [7, 11) is 0. The van der Waals surface area contributed by atoms with Crippen molar-refractivity contribution < 1.29 is 0 Å². The van der Waals surface area contributed by atoms with E-state index in [0.29, 0.717) is 0 Å². The molecule has 0 aliphatic carbocycles. The Morgan fingerprint density at radius 3 is 2.93 bits per heavy atom. The highest BCUT2D eigenvalue weighted by Crippen LogP contribution is 2.26. The van der Waals surface area contributed by atoms with Gasteiger partial charge in [-0.2, -0.15) is 0 Å². The van der Waals surface area contributed by atoms with Gasteiger partial charge in [0.2, 0.25) is 0 Å². The van der Waals surface area contributed by atoms with E-state index in [0.717, 1.165) is 11.6 Å². The quantitative estimate of drug-likeness (QED) is 0.606. The minimum absolute atomic E-state index is 0.869. The van der Waals surface area contributed by atoms with Crippen LogP contribution in [0.4, 0.5) is 5.69 Å². The maximum absolute atomic E-state index is 5.77. The molecule has 1 aliphatic rings. The number of nitrogen functional groups attached to an aromatic ring is 1. The first-order chi connectivity index (χ1) is 7.25. The van der Waals surface area contributed by atoms with Crippen molar-refractivity contribution in [2.24, 2.45) is 5.92 Å². The summed E-state index contributed by atoms with van der Waals surface area (Å²) in [5.41, 5.74) is 7.98. The van der Waals surface area contributed by atoms with E-state index in [2.05, 4.69) is 24.4 Å². The SMILES string of the molecule is Cc1ccc(N)cc1SCCC1CNC1. The van der Waals surface area contributed by atoms with Gasteiger partial charge < -0.3 is 11.1 Å². The minimum Gasteiger partial charge on any atom is -0.399 e. The van der Waals surface area contributed by atoms with Crippen LogP contribution in [0.1, 0.15) is 12.0 Å². The number of anilines is 1. The zero-order valence-electron chi connectivity index (χ0n) is 9.12. The highest BCUT2D eigenvalue weighted by Gasteiger charge is 2.15. The summed E-state index contributed by atoms with van der Waals surface area (Å²) in [4.78, 5) is 1.34. The van der Waals surface area contributed by atoms with Crippen LogP contribution in [0.3, 0.4) is 0 Å². The molecular weight excluding hydrogens is 204 g/mol. The number of nitrogens with two attached hydrogens (primary N) is 1. The smallest absolute Gasteiger partial charge is 0.0325 e. The molecule has 0 radical (unpaired) electrons. The van der Waals surface area contributed by atoms with Gasteiger partial charge in [-0.25, -0.2) is 0 Å². The first kappa shape index (κ1) is 10.8. The molecule has 1 fully saturated rings. The van der Waals surface area contributed by atoms with Gasteiger partial charge >= 0.3 is 0 Å². The first-order valence-corrected chi connectivity index (χ1v) is 6.44. The Hall–Kier alpha value is -0.670. The molecule has 0 atom stereocenters. The van der Waals surface area contributed by atoms with Gasteiger partial charge in [-0.15, -0.1) is 11.8 Å². The number of thioether (sulfide) groups is 1. The van der Waals surface area contributed by atoms with E-state index in [4.69, 9.17) is 5.73 Å². The van der Waals surface area contributed by atoms with E-state index in [-0.39, 0.29) is 0 Å². The number of aryl methyl sites for hydroxylation is 1. The fourth-order valence-corrected chi connectivity index (χ4v) is 2.85. The predicted octanol–water partition coefficient (Wildman–Crippen LogP) is 2.28. The largest absolute Gasteiger partial charge is 0.399 e. The number of hydrogen-bond acceptors (Lipinski definition) is 3. The highest BCUT2D eigenvalue weighted by atomic mass is 32.2. The lowest BCUT2D eigenvalue weighted by atomic mass is 10.0. The molecule has 1 heterocycles. The third-order valence-electron chi connectivity index (χ3n) is 2.86. The molecule has 0 amide bonds. The molecule has 3 N–H and O–H groups in total. The number of nitrogens with one attached hydrogen (secondary N) is 1. The first-order valence-electron chi connectivity index (χ1n) is 5.45. The zero-order chi connectivity index (χ0) is 10.7. The van der Waals surface area contributed by atoms with E-state index in [9.17, 15) is 0 Å². The van der Waals surface area contributed by atoms with Crippen LogP contribution in [0, 0.1) is 12.8 Å². The molecule has 0 saturated carbocycles. The maximum atomic E-state index is 5.77. The van der Waals surface area contributed by atoms with Crippen molar-refractivity contribution in [2.75, 3.05) is 24.6 Å². The van der Waals surface area contributed by atoms with Crippen molar-refractivity contribution in [1.82, 2.24) is 5.32 Å². The molecule has 2 rings (SSSR count). The van der Waals surface area contributed by atoms with Gasteiger partial charge in [0, 0.05) is 10.6 Å². The monoisotopic (exact) mass is 222 g/mol. The maximum Gasteiger partial charge on any atom is 0.0325 e. The van der Waals surface area contributed by atoms with E-state index in [1.165, 1.54) is 35.7 Å². The molecule has 0 unspecified atom stereocenters. The second-order valence-corrected chi connectivity index (χ2v) is 5.32. The van der Waals surface area contributed by atoms with Crippen LogP contribution in [-0.2, 0) is 0 Å². The molecule has 1 aromatic carbocycles. The van der Waals surface area contributed by atoms with Crippen molar-refractivity contribution in [1.29, 1.82) is 0 Å². The summed E-state index contributed by atoms with van der Waals surface area (Å²) in [6.45, 7) is 4.56. The lowest BCUT2D eigenvalue weighted by Crippen LogP contribution is -2.42. The van der Waals surface area contributed by atoms with Crippen molar-refractivity contribution in [2.45, 2.75) is 18.2 Å². The van der Waals surface area contributed by atoms with Crippen LogP contribution in [-0.4, -0.2) is 18.8 Å². The summed E-state index contributed by atoms with van der Waals surface area (Å²) >= 11 is 1.93. The van der Waals surface area contributed by atoms with Crippen LogP contribution < -0.4 is 11.1 Å². The number of benzene rings is 1. The summed E-state index contributed by atoms with van der Waals surface area (Å²) in [5.74, 6) is 2.11. The van der Waals surface area contributed by atoms with E-state index >= 15 is 0 Å². The summed E-state index contributed by atoms with van der Waals surface area (Å²) in [6.07, 6.45) is 1.31. The van der Waals surface area contributed by atoms with Gasteiger partial charge in [0.15, 0.2) is 0 Å². The van der Waals surface area contributed by atoms with Gasteiger partial charge in [0.25, 0.3) is 0 Å². The molecule has 1 aromatic rings. The van der Waals surface area contributed by atoms with Crippen LogP contribution in [0.2, 0.25) is 0 Å². The molecule has 0 bridgehead atoms. The van der Waals surface area contributed by atoms with Gasteiger partial charge in [-0.05, 0) is 55.8 Å². The van der Waals surface area contributed by atoms with Gasteiger partial charge in [0.05, 0.1) is 0 Å². The van der Waals surface area contributed by atoms with E-state index in [1.807, 2.05) is 17.8 Å². The Morgan fingerprint density at radius 1 is 1.47 bits per heavy atom.